The Morgan fingerprint density at radius 1 is 1.44 bits per heavy atom. The number of aliphatic hydroxyl groups is 1. The number of benzene rings is 1. The molecule has 1 N–H and O–H groups in total. The largest absolute Gasteiger partial charge is 0.396 e. The average molecular weight is 282 g/mol. The fourth-order valence-electron chi connectivity index (χ4n) is 2.07. The lowest BCUT2D eigenvalue weighted by atomic mass is 10.0. The number of hydrogen-bond donors (Lipinski definition) is 1. The zero-order valence-corrected chi connectivity index (χ0v) is 11.2. The van der Waals surface area contributed by atoms with Crippen molar-refractivity contribution >= 4 is 26.8 Å². The predicted molar refractivity (Wildman–Crippen MR) is 70.8 cm³/mol. The third-order valence-electron chi connectivity index (χ3n) is 3.03. The van der Waals surface area contributed by atoms with Gasteiger partial charge < -0.3 is 9.67 Å². The number of nitrogens with zero attached hydrogens (tertiary/aromatic N) is 1. The van der Waals surface area contributed by atoms with Crippen LogP contribution in [-0.4, -0.2) is 16.3 Å². The Morgan fingerprint density at radius 2 is 2.19 bits per heavy atom. The van der Waals surface area contributed by atoms with Gasteiger partial charge in [-0.2, -0.15) is 0 Å². The van der Waals surface area contributed by atoms with Gasteiger partial charge in [0.15, 0.2) is 0 Å². The summed E-state index contributed by atoms with van der Waals surface area (Å²) < 4.78 is 3.33. The molecule has 1 aromatic heterocycles. The predicted octanol–water partition coefficient (Wildman–Crippen LogP) is 3.52. The molecule has 2 nitrogen and oxygen atoms in total. The maximum Gasteiger partial charge on any atom is 0.0497 e. The lowest BCUT2D eigenvalue weighted by molar-refractivity contribution is 0.273. The second-order valence-corrected chi connectivity index (χ2v) is 4.94. The van der Waals surface area contributed by atoms with Crippen LogP contribution in [0.3, 0.4) is 0 Å². The summed E-state index contributed by atoms with van der Waals surface area (Å²) in [6.45, 7) is 5.32. The molecule has 1 atom stereocenters. The second kappa shape index (κ2) is 4.60. The normalized spacial score (nSPS) is 13.2. The summed E-state index contributed by atoms with van der Waals surface area (Å²) in [4.78, 5) is 0. The maximum atomic E-state index is 9.30. The Hall–Kier alpha value is -0.800. The SMILES string of the molecule is CCn1cc(C(C)CO)c2c(Br)cccc21. The highest BCUT2D eigenvalue weighted by Crippen LogP contribution is 2.33. The first-order valence-corrected chi connectivity index (χ1v) is 6.36. The van der Waals surface area contributed by atoms with Crippen LogP contribution in [-0.2, 0) is 6.54 Å². The standard InChI is InChI=1S/C13H16BrNO/c1-3-15-7-10(9(2)8-16)13-11(14)5-4-6-12(13)15/h4-7,9,16H,3,8H2,1-2H3. The highest BCUT2D eigenvalue weighted by atomic mass is 79.9. The number of fused-ring (bicyclic) bond motifs is 1. The lowest BCUT2D eigenvalue weighted by Crippen LogP contribution is -1.98. The van der Waals surface area contributed by atoms with Crippen molar-refractivity contribution in [3.8, 4) is 0 Å². The van der Waals surface area contributed by atoms with E-state index in [-0.39, 0.29) is 12.5 Å². The van der Waals surface area contributed by atoms with E-state index in [1.54, 1.807) is 0 Å². The van der Waals surface area contributed by atoms with Crippen molar-refractivity contribution in [2.24, 2.45) is 0 Å². The first-order chi connectivity index (χ1) is 7.69. The topological polar surface area (TPSA) is 25.2 Å². The van der Waals surface area contributed by atoms with Gasteiger partial charge in [-0.15, -0.1) is 0 Å². The third-order valence-corrected chi connectivity index (χ3v) is 3.69. The highest BCUT2D eigenvalue weighted by Gasteiger charge is 2.14. The van der Waals surface area contributed by atoms with Crippen molar-refractivity contribution in [2.75, 3.05) is 6.61 Å². The number of aromatic nitrogens is 1. The zero-order valence-electron chi connectivity index (χ0n) is 9.57. The van der Waals surface area contributed by atoms with Gasteiger partial charge in [0.1, 0.15) is 0 Å². The first kappa shape index (κ1) is 11.7. The second-order valence-electron chi connectivity index (χ2n) is 4.09. The Labute approximate surface area is 104 Å². The van der Waals surface area contributed by atoms with Gasteiger partial charge in [-0.25, -0.2) is 0 Å². The van der Waals surface area contributed by atoms with E-state index in [2.05, 4.69) is 45.8 Å². The molecule has 0 aliphatic rings. The van der Waals surface area contributed by atoms with Crippen LogP contribution in [0.4, 0.5) is 0 Å². The molecule has 0 bridgehead atoms. The molecular weight excluding hydrogens is 266 g/mol. The van der Waals surface area contributed by atoms with Crippen molar-refractivity contribution < 1.29 is 5.11 Å². The molecule has 0 aliphatic heterocycles. The fourth-order valence-corrected chi connectivity index (χ4v) is 2.66. The Bertz CT molecular complexity index is 504. The molecule has 86 valence electrons. The number of halogens is 1. The quantitative estimate of drug-likeness (QED) is 0.915. The molecule has 0 aliphatic carbocycles. The van der Waals surface area contributed by atoms with Crippen LogP contribution in [0.15, 0.2) is 28.9 Å². The van der Waals surface area contributed by atoms with Crippen LogP contribution < -0.4 is 0 Å². The Morgan fingerprint density at radius 3 is 2.81 bits per heavy atom. The summed E-state index contributed by atoms with van der Waals surface area (Å²) in [7, 11) is 0. The van der Waals surface area contributed by atoms with Crippen molar-refractivity contribution in [1.29, 1.82) is 0 Å². The van der Waals surface area contributed by atoms with Gasteiger partial charge >= 0.3 is 0 Å². The molecule has 2 aromatic rings. The molecule has 1 heterocycles. The number of aryl methyl sites for hydroxylation is 1. The minimum absolute atomic E-state index is 0.175. The Kier molecular flexibility index (Phi) is 3.36. The smallest absolute Gasteiger partial charge is 0.0497 e. The van der Waals surface area contributed by atoms with Gasteiger partial charge in [0.2, 0.25) is 0 Å². The van der Waals surface area contributed by atoms with Gasteiger partial charge in [-0.1, -0.05) is 28.9 Å². The van der Waals surface area contributed by atoms with Gasteiger partial charge in [-0.05, 0) is 24.6 Å². The van der Waals surface area contributed by atoms with Crippen LogP contribution in [0, 0.1) is 0 Å². The minimum atomic E-state index is 0.175. The van der Waals surface area contributed by atoms with Crippen molar-refractivity contribution in [3.05, 3.63) is 34.4 Å². The van der Waals surface area contributed by atoms with E-state index < -0.39 is 0 Å². The summed E-state index contributed by atoms with van der Waals surface area (Å²) in [6.07, 6.45) is 2.15. The van der Waals surface area contributed by atoms with E-state index in [0.29, 0.717) is 0 Å². The van der Waals surface area contributed by atoms with Crippen molar-refractivity contribution in [1.82, 2.24) is 4.57 Å². The monoisotopic (exact) mass is 281 g/mol. The summed E-state index contributed by atoms with van der Waals surface area (Å²) in [5.41, 5.74) is 2.44. The van der Waals surface area contributed by atoms with Gasteiger partial charge in [0.05, 0.1) is 0 Å². The van der Waals surface area contributed by atoms with E-state index in [0.717, 1.165) is 11.0 Å². The molecule has 2 rings (SSSR count). The maximum absolute atomic E-state index is 9.30. The average Bonchev–Trinajstić information content (AvgIpc) is 2.68. The molecule has 1 unspecified atom stereocenters. The third kappa shape index (κ3) is 1.78. The zero-order chi connectivity index (χ0) is 11.7. The van der Waals surface area contributed by atoms with E-state index in [9.17, 15) is 5.11 Å². The van der Waals surface area contributed by atoms with Crippen LogP contribution >= 0.6 is 15.9 Å². The molecule has 0 amide bonds. The van der Waals surface area contributed by atoms with E-state index >= 15 is 0 Å². The van der Waals surface area contributed by atoms with Crippen LogP contribution in [0.25, 0.3) is 10.9 Å². The molecule has 0 radical (unpaired) electrons. The van der Waals surface area contributed by atoms with Gasteiger partial charge in [0.25, 0.3) is 0 Å². The van der Waals surface area contributed by atoms with Crippen LogP contribution in [0.1, 0.15) is 25.3 Å². The molecule has 0 fully saturated rings. The van der Waals surface area contributed by atoms with Crippen LogP contribution in [0.5, 0.6) is 0 Å². The van der Waals surface area contributed by atoms with Gasteiger partial charge in [-0.3, -0.25) is 0 Å². The summed E-state index contributed by atoms with van der Waals surface area (Å²) in [5, 5.41) is 10.5. The number of aliphatic hydroxyl groups excluding tert-OH is 1. The summed E-state index contributed by atoms with van der Waals surface area (Å²) in [5.74, 6) is 0.175. The summed E-state index contributed by atoms with van der Waals surface area (Å²) in [6, 6.07) is 6.22. The molecule has 0 saturated carbocycles. The molecule has 16 heavy (non-hydrogen) atoms. The minimum Gasteiger partial charge on any atom is -0.396 e. The summed E-state index contributed by atoms with van der Waals surface area (Å²) >= 11 is 3.59. The lowest BCUT2D eigenvalue weighted by Gasteiger charge is -2.06. The van der Waals surface area contributed by atoms with Crippen molar-refractivity contribution in [2.45, 2.75) is 26.3 Å². The molecule has 3 heteroatoms. The van der Waals surface area contributed by atoms with E-state index in [1.807, 2.05) is 13.0 Å². The highest BCUT2D eigenvalue weighted by molar-refractivity contribution is 9.10. The van der Waals surface area contributed by atoms with Crippen molar-refractivity contribution in [3.63, 3.8) is 0 Å². The molecule has 0 spiro atoms. The number of hydrogen-bond acceptors (Lipinski definition) is 1. The fraction of sp³-hybridized carbons (Fsp3) is 0.385. The van der Waals surface area contributed by atoms with Gasteiger partial charge in [0, 0.05) is 40.6 Å². The number of rotatable bonds is 3. The first-order valence-electron chi connectivity index (χ1n) is 5.57. The van der Waals surface area contributed by atoms with Crippen LogP contribution in [0.2, 0.25) is 0 Å². The van der Waals surface area contributed by atoms with E-state index in [1.165, 1.54) is 16.5 Å². The molecule has 1 aromatic carbocycles. The Balaban J connectivity index is 2.74. The van der Waals surface area contributed by atoms with E-state index in [4.69, 9.17) is 0 Å². The molecular formula is C13H16BrNO. The molecule has 0 saturated heterocycles.